The predicted molar refractivity (Wildman–Crippen MR) is 223 cm³/mol. The summed E-state index contributed by atoms with van der Waals surface area (Å²) in [4.78, 5) is 37.4. The number of quaternary nitrogens is 1. The first-order chi connectivity index (χ1) is 26.4. The first-order valence-electron chi connectivity index (χ1n) is 20.8. The average molecular weight is 794 g/mol. The number of hydrogen-bond donors (Lipinski definition) is 1. The maximum Gasteiger partial charge on any atom is 0.306 e. The molecule has 10 nitrogen and oxygen atoms in total. The molecule has 0 aliphatic rings. The first-order valence-corrected chi connectivity index (χ1v) is 22.2. The number of likely N-dealkylation sites (N-methyl/N-ethyl adjacent to an activating group) is 1. The minimum absolute atomic E-state index is 0.0510. The third kappa shape index (κ3) is 39.4. The van der Waals surface area contributed by atoms with Crippen LogP contribution < -0.4 is 4.89 Å². The summed E-state index contributed by atoms with van der Waals surface area (Å²) in [5, 5.41) is 9.83. The van der Waals surface area contributed by atoms with Gasteiger partial charge in [-0.25, -0.2) is 0 Å². The van der Waals surface area contributed by atoms with Crippen LogP contribution in [-0.2, 0) is 32.7 Å². The average Bonchev–Trinajstić information content (AvgIpc) is 3.12. The molecule has 1 N–H and O–H groups in total. The Balaban J connectivity index is 4.54. The summed E-state index contributed by atoms with van der Waals surface area (Å²) in [6.45, 7) is 3.88. The number of aliphatic hydroxyl groups is 1. The van der Waals surface area contributed by atoms with E-state index in [2.05, 4.69) is 38.2 Å². The summed E-state index contributed by atoms with van der Waals surface area (Å²) in [6, 6.07) is 0. The third-order valence-corrected chi connectivity index (χ3v) is 9.30. The van der Waals surface area contributed by atoms with Crippen LogP contribution in [0.1, 0.15) is 136 Å². The van der Waals surface area contributed by atoms with Crippen molar-refractivity contribution in [2.75, 3.05) is 47.5 Å². The summed E-state index contributed by atoms with van der Waals surface area (Å²) >= 11 is 0. The number of nitrogens with zero attached hydrogens (tertiary/aromatic N) is 1. The van der Waals surface area contributed by atoms with Gasteiger partial charge in [-0.15, -0.1) is 0 Å². The molecule has 0 saturated carbocycles. The van der Waals surface area contributed by atoms with Gasteiger partial charge in [0, 0.05) is 12.8 Å². The third-order valence-electron chi connectivity index (χ3n) is 8.33. The number of allylic oxidation sites excluding steroid dienone is 10. The summed E-state index contributed by atoms with van der Waals surface area (Å²) in [6.07, 6.45) is 39.9. The Kier molecular flexibility index (Phi) is 34.1. The van der Waals surface area contributed by atoms with E-state index in [1.807, 2.05) is 63.7 Å². The Bertz CT molecular complexity index is 1190. The van der Waals surface area contributed by atoms with Crippen LogP contribution in [0.5, 0.6) is 0 Å². The molecule has 0 saturated heterocycles. The summed E-state index contributed by atoms with van der Waals surface area (Å²) in [7, 11) is 1.09. The molecule has 11 heteroatoms. The Morgan fingerprint density at radius 2 is 1.27 bits per heavy atom. The SMILES string of the molecule is CC/C=C\CC(O)/C=C/C=C/C/C=C\C/C=C\C/C=C\CCC(=O)OC[C@H](COP(=O)([O-])OCC[N+](C)(C)C)OC(=O)CCCCCCCCCCCCC. The Morgan fingerprint density at radius 3 is 1.87 bits per heavy atom. The van der Waals surface area contributed by atoms with Crippen LogP contribution in [0.15, 0.2) is 72.9 Å². The first kappa shape index (κ1) is 52.4. The van der Waals surface area contributed by atoms with E-state index in [-0.39, 0.29) is 26.1 Å². The number of carbonyl (C=O) groups excluding carboxylic acids is 2. The lowest BCUT2D eigenvalue weighted by molar-refractivity contribution is -0.870. The normalized spacial score (nSPS) is 15.0. The van der Waals surface area contributed by atoms with E-state index in [4.69, 9.17) is 18.5 Å². The molecule has 0 aromatic carbocycles. The minimum Gasteiger partial charge on any atom is -0.756 e. The Morgan fingerprint density at radius 1 is 0.691 bits per heavy atom. The van der Waals surface area contributed by atoms with Crippen molar-refractivity contribution in [2.24, 2.45) is 0 Å². The number of phosphoric acid groups is 1. The molecule has 0 spiro atoms. The van der Waals surface area contributed by atoms with Gasteiger partial charge in [0.25, 0.3) is 7.82 Å². The molecule has 0 rings (SSSR count). The van der Waals surface area contributed by atoms with Gasteiger partial charge in [0.15, 0.2) is 6.10 Å². The number of carbonyl (C=O) groups is 2. The van der Waals surface area contributed by atoms with E-state index in [0.717, 1.165) is 44.9 Å². The molecule has 0 radical (unpaired) electrons. The van der Waals surface area contributed by atoms with E-state index >= 15 is 0 Å². The van der Waals surface area contributed by atoms with Gasteiger partial charge >= 0.3 is 11.9 Å². The van der Waals surface area contributed by atoms with E-state index < -0.39 is 38.6 Å². The van der Waals surface area contributed by atoms with Gasteiger partial charge in [-0.05, 0) is 44.9 Å². The lowest BCUT2D eigenvalue weighted by Crippen LogP contribution is -2.37. The topological polar surface area (TPSA) is 131 Å². The summed E-state index contributed by atoms with van der Waals surface area (Å²) in [5.74, 6) is -0.961. The molecule has 0 aliphatic heterocycles. The van der Waals surface area contributed by atoms with Crippen molar-refractivity contribution in [3.63, 3.8) is 0 Å². The van der Waals surface area contributed by atoms with Crippen LogP contribution in [0.4, 0.5) is 0 Å². The van der Waals surface area contributed by atoms with Gasteiger partial charge in [0.2, 0.25) is 0 Å². The fourth-order valence-corrected chi connectivity index (χ4v) is 5.79. The van der Waals surface area contributed by atoms with E-state index in [1.165, 1.54) is 44.9 Å². The van der Waals surface area contributed by atoms with E-state index in [0.29, 0.717) is 30.3 Å². The molecule has 0 aromatic rings. The van der Waals surface area contributed by atoms with Gasteiger partial charge in [0.05, 0.1) is 33.9 Å². The van der Waals surface area contributed by atoms with Gasteiger partial charge in [-0.2, -0.15) is 0 Å². The molecule has 316 valence electrons. The summed E-state index contributed by atoms with van der Waals surface area (Å²) in [5.41, 5.74) is 0. The Labute approximate surface area is 334 Å². The second-order valence-corrected chi connectivity index (χ2v) is 16.2. The molecular formula is C44H76NO9P. The van der Waals surface area contributed by atoms with E-state index in [9.17, 15) is 24.2 Å². The molecule has 0 heterocycles. The standard InChI is InChI=1S/C44H76NO9P/c1-6-8-10-11-12-13-17-22-25-28-32-36-44(48)54-42(40-53-55(49,50)52-38-37-45(3,4)5)39-51-43(47)35-31-27-24-21-19-16-14-15-18-20-23-26-30-34-41(46)33-29-9-7-2/h9,15-16,18-19,23-24,26-27,29-30,34,41-42,46H,6-8,10-14,17,20-22,25,28,31-33,35-40H2,1-5H3/b18-15-,19-16-,26-23+,27-24-,29-9-,34-30+/t41?,42-/m1/s1. The van der Waals surface area contributed by atoms with Gasteiger partial charge in [-0.3, -0.25) is 14.2 Å². The second kappa shape index (κ2) is 35.8. The van der Waals surface area contributed by atoms with Gasteiger partial charge in [-0.1, -0.05) is 151 Å². The van der Waals surface area contributed by atoms with Crippen LogP contribution in [0, 0.1) is 0 Å². The monoisotopic (exact) mass is 794 g/mol. The number of rotatable bonds is 36. The highest BCUT2D eigenvalue weighted by Gasteiger charge is 2.21. The van der Waals surface area contributed by atoms with E-state index in [1.54, 1.807) is 6.08 Å². The fourth-order valence-electron chi connectivity index (χ4n) is 5.06. The quantitative estimate of drug-likeness (QED) is 0.0165. The fraction of sp³-hybridized carbons (Fsp3) is 0.682. The van der Waals surface area contributed by atoms with Crippen molar-refractivity contribution >= 4 is 19.8 Å². The molecule has 2 unspecified atom stereocenters. The lowest BCUT2D eigenvalue weighted by atomic mass is 10.1. The molecule has 0 fully saturated rings. The van der Waals surface area contributed by atoms with Crippen molar-refractivity contribution in [1.82, 2.24) is 0 Å². The van der Waals surface area contributed by atoms with Crippen molar-refractivity contribution in [3.8, 4) is 0 Å². The predicted octanol–water partition coefficient (Wildman–Crippen LogP) is 9.80. The van der Waals surface area contributed by atoms with Gasteiger partial charge in [0.1, 0.15) is 19.8 Å². The van der Waals surface area contributed by atoms with Crippen LogP contribution in [0.3, 0.4) is 0 Å². The molecule has 0 aromatic heterocycles. The van der Waals surface area contributed by atoms with Crippen LogP contribution in [0.25, 0.3) is 0 Å². The maximum absolute atomic E-state index is 12.6. The lowest BCUT2D eigenvalue weighted by Gasteiger charge is -2.28. The van der Waals surface area contributed by atoms with Gasteiger partial charge < -0.3 is 33.0 Å². The van der Waals surface area contributed by atoms with Crippen LogP contribution in [0.2, 0.25) is 0 Å². The van der Waals surface area contributed by atoms with Crippen LogP contribution in [-0.4, -0.2) is 81.2 Å². The zero-order chi connectivity index (χ0) is 40.9. The number of esters is 2. The Hall–Kier alpha value is -2.59. The number of hydrogen-bond acceptors (Lipinski definition) is 9. The molecule has 55 heavy (non-hydrogen) atoms. The van der Waals surface area contributed by atoms with Crippen molar-refractivity contribution in [3.05, 3.63) is 72.9 Å². The zero-order valence-corrected chi connectivity index (χ0v) is 35.8. The largest absolute Gasteiger partial charge is 0.756 e. The molecule has 0 amide bonds. The van der Waals surface area contributed by atoms with Crippen molar-refractivity contribution in [1.29, 1.82) is 0 Å². The number of unbranched alkanes of at least 4 members (excludes halogenated alkanes) is 10. The molecule has 0 aliphatic carbocycles. The maximum atomic E-state index is 12.6. The van der Waals surface area contributed by atoms with Crippen molar-refractivity contribution in [2.45, 2.75) is 148 Å². The van der Waals surface area contributed by atoms with Crippen molar-refractivity contribution < 1.29 is 47.2 Å². The zero-order valence-electron chi connectivity index (χ0n) is 35.0. The number of aliphatic hydroxyl groups excluding tert-OH is 1. The highest BCUT2D eigenvalue weighted by atomic mass is 31.2. The highest BCUT2D eigenvalue weighted by Crippen LogP contribution is 2.38. The molecular weight excluding hydrogens is 717 g/mol. The van der Waals surface area contributed by atoms with Crippen LogP contribution >= 0.6 is 7.82 Å². The number of ether oxygens (including phenoxy) is 2. The highest BCUT2D eigenvalue weighted by molar-refractivity contribution is 7.45. The molecule has 0 bridgehead atoms. The summed E-state index contributed by atoms with van der Waals surface area (Å²) < 4.78 is 33.7. The minimum atomic E-state index is -4.65. The smallest absolute Gasteiger partial charge is 0.306 e. The second-order valence-electron chi connectivity index (χ2n) is 14.8. The molecule has 3 atom stereocenters. The number of phosphoric ester groups is 1.